The van der Waals surface area contributed by atoms with E-state index in [1.807, 2.05) is 51.6 Å². The highest BCUT2D eigenvalue weighted by molar-refractivity contribution is 5.76. The van der Waals surface area contributed by atoms with E-state index in [2.05, 4.69) is 43.3 Å². The smallest absolute Gasteiger partial charge is 0.203 e. The molecule has 4 nitrogen and oxygen atoms in total. The summed E-state index contributed by atoms with van der Waals surface area (Å²) in [6.07, 6.45) is 0. The molecule has 0 saturated heterocycles. The molecule has 0 amide bonds. The second-order valence-electron chi connectivity index (χ2n) is 7.28. The number of aliphatic hydroxyl groups is 1. The van der Waals surface area contributed by atoms with E-state index in [1.54, 1.807) is 0 Å². The molecule has 0 saturated carbocycles. The van der Waals surface area contributed by atoms with Crippen molar-refractivity contribution in [2.45, 2.75) is 25.9 Å². The van der Waals surface area contributed by atoms with Crippen molar-refractivity contribution in [1.82, 2.24) is 9.13 Å². The Hall–Kier alpha value is -3.11. The minimum absolute atomic E-state index is 0.0473. The Morgan fingerprint density at radius 2 is 1.43 bits per heavy atom. The molecule has 1 aromatic heterocycles. The number of hydrogen-bond acceptors (Lipinski definition) is 2. The summed E-state index contributed by atoms with van der Waals surface area (Å²) in [5.41, 5.74) is 6.01. The van der Waals surface area contributed by atoms with Crippen molar-refractivity contribution >= 4 is 11.0 Å². The zero-order valence-corrected chi connectivity index (χ0v) is 16.0. The average molecular weight is 371 g/mol. The summed E-state index contributed by atoms with van der Waals surface area (Å²) in [4.78, 5) is 0. The molecule has 28 heavy (non-hydrogen) atoms. The van der Waals surface area contributed by atoms with Gasteiger partial charge in [-0.05, 0) is 30.2 Å². The van der Waals surface area contributed by atoms with Gasteiger partial charge in [0.1, 0.15) is 0 Å². The van der Waals surface area contributed by atoms with Crippen molar-refractivity contribution in [3.05, 3.63) is 101 Å². The third-order valence-electron chi connectivity index (χ3n) is 5.33. The van der Waals surface area contributed by atoms with Gasteiger partial charge in [-0.2, -0.15) is 0 Å². The molecule has 4 aromatic rings. The fraction of sp³-hybridized carbons (Fsp3) is 0.208. The first kappa shape index (κ1) is 18.3. The summed E-state index contributed by atoms with van der Waals surface area (Å²) in [5, 5.41) is 18.8. The first-order valence-electron chi connectivity index (χ1n) is 9.61. The number of aliphatic hydroxyl groups excluding tert-OH is 1. The Kier molecular flexibility index (Phi) is 5.13. The molecule has 0 aliphatic rings. The molecule has 1 unspecified atom stereocenters. The zero-order valence-electron chi connectivity index (χ0n) is 16.0. The summed E-state index contributed by atoms with van der Waals surface area (Å²) in [6, 6.07) is 26.6. The second kappa shape index (κ2) is 7.87. The molecular weight excluding hydrogens is 346 g/mol. The largest absolute Gasteiger partial charge is 0.396 e. The van der Waals surface area contributed by atoms with Crippen LogP contribution in [-0.4, -0.2) is 20.8 Å². The highest BCUT2D eigenvalue weighted by Gasteiger charge is 2.16. The van der Waals surface area contributed by atoms with Crippen LogP contribution in [-0.2, 0) is 13.1 Å². The van der Waals surface area contributed by atoms with E-state index in [9.17, 15) is 5.11 Å². The van der Waals surface area contributed by atoms with Crippen molar-refractivity contribution in [3.63, 3.8) is 0 Å². The molecular formula is C24H25N3O. The molecule has 0 spiro atoms. The molecule has 1 heterocycles. The van der Waals surface area contributed by atoms with Crippen LogP contribution in [0.25, 0.3) is 11.0 Å². The van der Waals surface area contributed by atoms with Crippen LogP contribution in [0.4, 0.5) is 0 Å². The standard InChI is InChI=1S/C24H25N3O/c1-18-11-13-19(14-12-18)15-26-22-9-5-6-10-23(22)27(24(26)25)16-21(17-28)20-7-3-2-4-8-20/h2-14,21,25,28H,15-17H2,1H3. The average Bonchev–Trinajstić information content (AvgIpc) is 2.99. The number of benzene rings is 3. The Labute approximate surface area is 164 Å². The highest BCUT2D eigenvalue weighted by Crippen LogP contribution is 2.21. The summed E-state index contributed by atoms with van der Waals surface area (Å²) in [5.74, 6) is -0.0473. The third kappa shape index (κ3) is 3.51. The summed E-state index contributed by atoms with van der Waals surface area (Å²) >= 11 is 0. The maximum Gasteiger partial charge on any atom is 0.203 e. The van der Waals surface area contributed by atoms with Crippen LogP contribution >= 0.6 is 0 Å². The van der Waals surface area contributed by atoms with Gasteiger partial charge in [0.25, 0.3) is 0 Å². The van der Waals surface area contributed by atoms with Crippen molar-refractivity contribution in [2.24, 2.45) is 0 Å². The molecule has 1 atom stereocenters. The van der Waals surface area contributed by atoms with Crippen molar-refractivity contribution < 1.29 is 5.11 Å². The number of imidazole rings is 1. The predicted molar refractivity (Wildman–Crippen MR) is 112 cm³/mol. The summed E-state index contributed by atoms with van der Waals surface area (Å²) in [7, 11) is 0. The first-order chi connectivity index (χ1) is 13.7. The van der Waals surface area contributed by atoms with E-state index in [-0.39, 0.29) is 12.5 Å². The molecule has 0 bridgehead atoms. The lowest BCUT2D eigenvalue weighted by molar-refractivity contribution is 0.252. The molecule has 4 heteroatoms. The maximum atomic E-state index is 9.99. The Bertz CT molecular complexity index is 1120. The molecule has 0 fully saturated rings. The van der Waals surface area contributed by atoms with E-state index < -0.39 is 0 Å². The summed E-state index contributed by atoms with van der Waals surface area (Å²) in [6.45, 7) is 3.35. The van der Waals surface area contributed by atoms with Gasteiger partial charge < -0.3 is 14.2 Å². The number of nitrogens with zero attached hydrogens (tertiary/aromatic N) is 2. The van der Waals surface area contributed by atoms with Gasteiger partial charge in [-0.15, -0.1) is 0 Å². The SMILES string of the molecule is Cc1ccc(Cn2c(=N)n(CC(CO)c3ccccc3)c3ccccc32)cc1. The molecule has 0 aliphatic heterocycles. The normalized spacial score (nSPS) is 12.4. The highest BCUT2D eigenvalue weighted by atomic mass is 16.3. The number of aromatic nitrogens is 2. The minimum atomic E-state index is -0.0473. The van der Waals surface area contributed by atoms with Crippen molar-refractivity contribution in [1.29, 1.82) is 5.41 Å². The van der Waals surface area contributed by atoms with Crippen LogP contribution in [0.15, 0.2) is 78.9 Å². The Morgan fingerprint density at radius 3 is 2.07 bits per heavy atom. The van der Waals surface area contributed by atoms with Gasteiger partial charge in [0.2, 0.25) is 5.62 Å². The number of nitrogens with one attached hydrogen (secondary N) is 1. The third-order valence-corrected chi connectivity index (χ3v) is 5.33. The lowest BCUT2D eigenvalue weighted by atomic mass is 10.00. The van der Waals surface area contributed by atoms with Crippen LogP contribution < -0.4 is 5.62 Å². The number of rotatable bonds is 6. The monoisotopic (exact) mass is 371 g/mol. The zero-order chi connectivity index (χ0) is 19.5. The van der Waals surface area contributed by atoms with E-state index >= 15 is 0 Å². The van der Waals surface area contributed by atoms with Gasteiger partial charge in [0.15, 0.2) is 0 Å². The van der Waals surface area contributed by atoms with Gasteiger partial charge in [-0.3, -0.25) is 5.41 Å². The van der Waals surface area contributed by atoms with Crippen LogP contribution in [0, 0.1) is 12.3 Å². The molecule has 0 radical (unpaired) electrons. The fourth-order valence-corrected chi connectivity index (χ4v) is 3.73. The molecule has 4 rings (SSSR count). The van der Waals surface area contributed by atoms with E-state index in [4.69, 9.17) is 5.41 Å². The number of fused-ring (bicyclic) bond motifs is 1. The van der Waals surface area contributed by atoms with Crippen LogP contribution in [0.1, 0.15) is 22.6 Å². The molecule has 2 N–H and O–H groups in total. The molecule has 3 aromatic carbocycles. The van der Waals surface area contributed by atoms with E-state index in [0.29, 0.717) is 18.7 Å². The fourth-order valence-electron chi connectivity index (χ4n) is 3.73. The molecule has 0 aliphatic carbocycles. The van der Waals surface area contributed by atoms with Crippen molar-refractivity contribution in [2.75, 3.05) is 6.61 Å². The van der Waals surface area contributed by atoms with Crippen molar-refractivity contribution in [3.8, 4) is 0 Å². The van der Waals surface area contributed by atoms with Gasteiger partial charge in [-0.25, -0.2) is 0 Å². The first-order valence-corrected chi connectivity index (χ1v) is 9.61. The Morgan fingerprint density at radius 1 is 0.821 bits per heavy atom. The lowest BCUT2D eigenvalue weighted by Crippen LogP contribution is -2.28. The quantitative estimate of drug-likeness (QED) is 0.528. The van der Waals surface area contributed by atoms with E-state index in [1.165, 1.54) is 11.1 Å². The topological polar surface area (TPSA) is 53.9 Å². The second-order valence-corrected chi connectivity index (χ2v) is 7.28. The minimum Gasteiger partial charge on any atom is -0.396 e. The van der Waals surface area contributed by atoms with Crippen LogP contribution in [0.2, 0.25) is 0 Å². The van der Waals surface area contributed by atoms with Crippen LogP contribution in [0.5, 0.6) is 0 Å². The Balaban J connectivity index is 1.76. The number of para-hydroxylation sites is 2. The summed E-state index contributed by atoms with van der Waals surface area (Å²) < 4.78 is 4.05. The van der Waals surface area contributed by atoms with Gasteiger partial charge in [0.05, 0.1) is 24.2 Å². The van der Waals surface area contributed by atoms with Gasteiger partial charge >= 0.3 is 0 Å². The predicted octanol–water partition coefficient (Wildman–Crippen LogP) is 4.06. The van der Waals surface area contributed by atoms with E-state index in [0.717, 1.165) is 16.6 Å². The number of aryl methyl sites for hydroxylation is 1. The van der Waals surface area contributed by atoms with Gasteiger partial charge in [-0.1, -0.05) is 72.3 Å². The van der Waals surface area contributed by atoms with Crippen LogP contribution in [0.3, 0.4) is 0 Å². The number of hydrogen-bond donors (Lipinski definition) is 2. The van der Waals surface area contributed by atoms with Gasteiger partial charge in [0, 0.05) is 12.5 Å². The maximum absolute atomic E-state index is 9.99. The molecule has 142 valence electrons. The lowest BCUT2D eigenvalue weighted by Gasteiger charge is -2.16.